The standard InChI is InChI=1S/C14H17NO4/c1-10(8-14(17)18)15-13(16)7-6-11-4-3-5-12(9-11)19-2/h3-7,9-10H,8H2,1-2H3,(H,15,16)(H,17,18)/b7-6+. The van der Waals surface area contributed by atoms with E-state index in [0.29, 0.717) is 5.75 Å². The third kappa shape index (κ3) is 5.72. The molecule has 2 N–H and O–H groups in total. The molecular formula is C14H17NO4. The molecule has 0 radical (unpaired) electrons. The van der Waals surface area contributed by atoms with Crippen LogP contribution in [-0.2, 0) is 9.59 Å². The summed E-state index contributed by atoms with van der Waals surface area (Å²) in [5, 5.41) is 11.2. The summed E-state index contributed by atoms with van der Waals surface area (Å²) in [6, 6.07) is 6.87. The lowest BCUT2D eigenvalue weighted by atomic mass is 10.2. The monoisotopic (exact) mass is 263 g/mol. The maximum Gasteiger partial charge on any atom is 0.305 e. The number of carboxylic acids is 1. The van der Waals surface area contributed by atoms with Gasteiger partial charge >= 0.3 is 5.97 Å². The van der Waals surface area contributed by atoms with Crippen LogP contribution < -0.4 is 10.1 Å². The van der Waals surface area contributed by atoms with Gasteiger partial charge in [-0.1, -0.05) is 12.1 Å². The van der Waals surface area contributed by atoms with Crippen LogP contribution in [0.5, 0.6) is 5.75 Å². The summed E-state index contributed by atoms with van der Waals surface area (Å²) in [4.78, 5) is 22.0. The Kier molecular flexibility index (Phi) is 5.60. The fourth-order valence-corrected chi connectivity index (χ4v) is 1.52. The Morgan fingerprint density at radius 3 is 2.84 bits per heavy atom. The highest BCUT2D eigenvalue weighted by Crippen LogP contribution is 2.13. The third-order valence-corrected chi connectivity index (χ3v) is 2.39. The number of carbonyl (C=O) groups excluding carboxylic acids is 1. The lowest BCUT2D eigenvalue weighted by Gasteiger charge is -2.08. The van der Waals surface area contributed by atoms with Crippen LogP contribution in [-0.4, -0.2) is 30.1 Å². The molecule has 1 atom stereocenters. The highest BCUT2D eigenvalue weighted by molar-refractivity contribution is 5.92. The van der Waals surface area contributed by atoms with E-state index in [4.69, 9.17) is 9.84 Å². The van der Waals surface area contributed by atoms with Crippen LogP contribution in [0.3, 0.4) is 0 Å². The summed E-state index contributed by atoms with van der Waals surface area (Å²) >= 11 is 0. The zero-order valence-electron chi connectivity index (χ0n) is 10.9. The molecule has 0 spiro atoms. The van der Waals surface area contributed by atoms with Gasteiger partial charge in [0, 0.05) is 12.1 Å². The van der Waals surface area contributed by atoms with E-state index in [1.165, 1.54) is 6.08 Å². The van der Waals surface area contributed by atoms with Gasteiger partial charge in [-0.3, -0.25) is 9.59 Å². The molecule has 1 unspecified atom stereocenters. The molecule has 0 aliphatic carbocycles. The molecule has 19 heavy (non-hydrogen) atoms. The van der Waals surface area contributed by atoms with Crippen molar-refractivity contribution in [1.82, 2.24) is 5.32 Å². The summed E-state index contributed by atoms with van der Waals surface area (Å²) < 4.78 is 5.07. The van der Waals surface area contributed by atoms with Gasteiger partial charge in [-0.25, -0.2) is 0 Å². The summed E-state index contributed by atoms with van der Waals surface area (Å²) in [6.07, 6.45) is 2.91. The fraction of sp³-hybridized carbons (Fsp3) is 0.286. The smallest absolute Gasteiger partial charge is 0.305 e. The van der Waals surface area contributed by atoms with Gasteiger partial charge in [0.15, 0.2) is 0 Å². The summed E-state index contributed by atoms with van der Waals surface area (Å²) in [6.45, 7) is 1.64. The maximum atomic E-state index is 11.5. The zero-order chi connectivity index (χ0) is 14.3. The molecule has 1 rings (SSSR count). The minimum absolute atomic E-state index is 0.0985. The van der Waals surface area contributed by atoms with Gasteiger partial charge in [-0.05, 0) is 30.7 Å². The number of hydrogen-bond acceptors (Lipinski definition) is 3. The van der Waals surface area contributed by atoms with Gasteiger partial charge in [-0.15, -0.1) is 0 Å². The lowest BCUT2D eigenvalue weighted by Crippen LogP contribution is -2.32. The number of carbonyl (C=O) groups is 2. The number of ether oxygens (including phenoxy) is 1. The highest BCUT2D eigenvalue weighted by Gasteiger charge is 2.08. The number of amides is 1. The Labute approximate surface area is 111 Å². The summed E-state index contributed by atoms with van der Waals surface area (Å²) in [7, 11) is 1.57. The van der Waals surface area contributed by atoms with Crippen molar-refractivity contribution in [2.24, 2.45) is 0 Å². The molecule has 0 saturated heterocycles. The maximum absolute atomic E-state index is 11.5. The van der Waals surface area contributed by atoms with E-state index >= 15 is 0 Å². The summed E-state index contributed by atoms with van der Waals surface area (Å²) in [5.74, 6) is -0.553. The predicted molar refractivity (Wildman–Crippen MR) is 71.9 cm³/mol. The Hall–Kier alpha value is -2.30. The average Bonchev–Trinajstić information content (AvgIpc) is 2.35. The van der Waals surface area contributed by atoms with E-state index in [-0.39, 0.29) is 12.3 Å². The second-order valence-electron chi connectivity index (χ2n) is 4.12. The first-order valence-corrected chi connectivity index (χ1v) is 5.85. The van der Waals surface area contributed by atoms with Gasteiger partial charge < -0.3 is 15.2 Å². The van der Waals surface area contributed by atoms with E-state index in [2.05, 4.69) is 5.32 Å². The molecular weight excluding hydrogens is 246 g/mol. The van der Waals surface area contributed by atoms with E-state index < -0.39 is 12.0 Å². The topological polar surface area (TPSA) is 75.6 Å². The number of hydrogen-bond donors (Lipinski definition) is 2. The van der Waals surface area contributed by atoms with Gasteiger partial charge in [0.2, 0.25) is 5.91 Å². The Balaban J connectivity index is 2.55. The van der Waals surface area contributed by atoms with Crippen LogP contribution in [0.4, 0.5) is 0 Å². The van der Waals surface area contributed by atoms with E-state index in [9.17, 15) is 9.59 Å². The first kappa shape index (κ1) is 14.8. The van der Waals surface area contributed by atoms with Crippen molar-refractivity contribution in [3.8, 4) is 5.75 Å². The normalized spacial score (nSPS) is 12.1. The molecule has 1 aromatic rings. The van der Waals surface area contributed by atoms with E-state index in [0.717, 1.165) is 5.56 Å². The molecule has 0 aliphatic heterocycles. The molecule has 0 aromatic heterocycles. The number of aliphatic carboxylic acids is 1. The molecule has 0 bridgehead atoms. The quantitative estimate of drug-likeness (QED) is 0.766. The van der Waals surface area contributed by atoms with Gasteiger partial charge in [0.05, 0.1) is 13.5 Å². The van der Waals surface area contributed by atoms with Gasteiger partial charge in [0.1, 0.15) is 5.75 Å². The third-order valence-electron chi connectivity index (χ3n) is 2.39. The van der Waals surface area contributed by atoms with Crippen molar-refractivity contribution in [3.05, 3.63) is 35.9 Å². The Bertz CT molecular complexity index is 482. The Morgan fingerprint density at radius 1 is 1.47 bits per heavy atom. The highest BCUT2D eigenvalue weighted by atomic mass is 16.5. The molecule has 5 nitrogen and oxygen atoms in total. The van der Waals surface area contributed by atoms with Crippen LogP contribution in [0.15, 0.2) is 30.3 Å². The van der Waals surface area contributed by atoms with Crippen LogP contribution in [0, 0.1) is 0 Å². The first-order valence-electron chi connectivity index (χ1n) is 5.85. The molecule has 0 heterocycles. The predicted octanol–water partition coefficient (Wildman–Crippen LogP) is 1.69. The van der Waals surface area contributed by atoms with Crippen molar-refractivity contribution in [2.75, 3.05) is 7.11 Å². The largest absolute Gasteiger partial charge is 0.497 e. The fourth-order valence-electron chi connectivity index (χ4n) is 1.52. The molecule has 1 aromatic carbocycles. The number of carboxylic acid groups (broad SMARTS) is 1. The number of methoxy groups -OCH3 is 1. The molecule has 0 fully saturated rings. The van der Waals surface area contributed by atoms with Crippen LogP contribution in [0.1, 0.15) is 18.9 Å². The lowest BCUT2D eigenvalue weighted by molar-refractivity contribution is -0.137. The molecule has 0 saturated carbocycles. The van der Waals surface area contributed by atoms with Crippen molar-refractivity contribution >= 4 is 18.0 Å². The second-order valence-corrected chi connectivity index (χ2v) is 4.12. The minimum Gasteiger partial charge on any atom is -0.497 e. The van der Waals surface area contributed by atoms with Crippen molar-refractivity contribution in [1.29, 1.82) is 0 Å². The van der Waals surface area contributed by atoms with Crippen molar-refractivity contribution in [2.45, 2.75) is 19.4 Å². The zero-order valence-corrected chi connectivity index (χ0v) is 10.9. The molecule has 0 aliphatic rings. The Morgan fingerprint density at radius 2 is 2.21 bits per heavy atom. The van der Waals surface area contributed by atoms with Crippen LogP contribution >= 0.6 is 0 Å². The van der Waals surface area contributed by atoms with Crippen molar-refractivity contribution in [3.63, 3.8) is 0 Å². The SMILES string of the molecule is COc1cccc(/C=C/C(=O)NC(C)CC(=O)O)c1. The number of nitrogens with one attached hydrogen (secondary N) is 1. The first-order chi connectivity index (χ1) is 9.01. The van der Waals surface area contributed by atoms with Crippen molar-refractivity contribution < 1.29 is 19.4 Å². The van der Waals surface area contributed by atoms with Gasteiger partial charge in [0.25, 0.3) is 0 Å². The van der Waals surface area contributed by atoms with Crippen LogP contribution in [0.2, 0.25) is 0 Å². The van der Waals surface area contributed by atoms with E-state index in [1.54, 1.807) is 26.2 Å². The van der Waals surface area contributed by atoms with Crippen LogP contribution in [0.25, 0.3) is 6.08 Å². The number of rotatable bonds is 6. The average molecular weight is 263 g/mol. The van der Waals surface area contributed by atoms with E-state index in [1.807, 2.05) is 18.2 Å². The summed E-state index contributed by atoms with van der Waals surface area (Å²) in [5.41, 5.74) is 0.834. The number of benzene rings is 1. The molecule has 5 heteroatoms. The minimum atomic E-state index is -0.940. The van der Waals surface area contributed by atoms with Gasteiger partial charge in [-0.2, -0.15) is 0 Å². The molecule has 102 valence electrons. The molecule has 1 amide bonds. The second kappa shape index (κ2) is 7.20.